The molecule has 0 aliphatic carbocycles. The minimum absolute atomic E-state index is 0. The van der Waals surface area contributed by atoms with Crippen LogP contribution in [0.3, 0.4) is 0 Å². The van der Waals surface area contributed by atoms with Crippen LogP contribution in [0, 0.1) is 5.41 Å². The van der Waals surface area contributed by atoms with E-state index < -0.39 is 6.03 Å². The van der Waals surface area contributed by atoms with Crippen LogP contribution in [-0.2, 0) is 32.7 Å². The molecule has 0 saturated carbocycles. The van der Waals surface area contributed by atoms with Gasteiger partial charge in [-0.25, -0.2) is 0 Å². The molecular weight excluding hydrogens is 255 g/mol. The van der Waals surface area contributed by atoms with E-state index in [0.29, 0.717) is 5.41 Å². The second kappa shape index (κ2) is 8.63. The van der Waals surface area contributed by atoms with Crippen molar-refractivity contribution < 1.29 is 37.5 Å². The summed E-state index contributed by atoms with van der Waals surface area (Å²) in [6.45, 7) is 6.82. The van der Waals surface area contributed by atoms with Crippen molar-refractivity contribution in [2.75, 3.05) is 20.1 Å². The Hall–Kier alpha value is 0.334. The second-order valence-electron chi connectivity index (χ2n) is 3.91. The van der Waals surface area contributed by atoms with E-state index in [2.05, 4.69) is 24.5 Å². The first-order valence-electron chi connectivity index (χ1n) is 4.54. The quantitative estimate of drug-likeness (QED) is 0.724. The number of nitrogens with zero attached hydrogens (tertiary/aromatic N) is 1. The van der Waals surface area contributed by atoms with Crippen molar-refractivity contribution in [1.82, 2.24) is 5.32 Å². The van der Waals surface area contributed by atoms with Gasteiger partial charge >= 0.3 is 0 Å². The predicted molar refractivity (Wildman–Crippen MR) is 54.9 cm³/mol. The number of nitrogens with one attached hydrogen (secondary N) is 2. The maximum absolute atomic E-state index is 9.37. The van der Waals surface area contributed by atoms with Crippen molar-refractivity contribution >= 4 is 6.03 Å². The van der Waals surface area contributed by atoms with E-state index in [1.807, 2.05) is 0 Å². The number of hydrogen-bond acceptors (Lipinski definition) is 1. The van der Waals surface area contributed by atoms with Crippen LogP contribution in [0.25, 0.3) is 11.1 Å². The Kier molecular flexibility index (Phi) is 10.3. The number of rotatable bonds is 0. The summed E-state index contributed by atoms with van der Waals surface area (Å²) in [5.41, 5.74) is 6.66. The Morgan fingerprint density at radius 3 is 1.86 bits per heavy atom. The Morgan fingerprint density at radius 2 is 1.71 bits per heavy atom. The first-order chi connectivity index (χ1) is 5.98. The fourth-order valence-corrected chi connectivity index (χ4v) is 1.00. The van der Waals surface area contributed by atoms with Gasteiger partial charge in [-0.05, 0) is 5.41 Å². The Labute approximate surface area is 112 Å². The molecule has 1 rings (SSSR count). The van der Waals surface area contributed by atoms with E-state index in [1.165, 1.54) is 19.9 Å². The van der Waals surface area contributed by atoms with Crippen LogP contribution < -0.4 is 5.32 Å². The summed E-state index contributed by atoms with van der Waals surface area (Å²) in [7, 11) is 1.41. The van der Waals surface area contributed by atoms with Crippen LogP contribution in [0.2, 0.25) is 0 Å². The molecule has 1 aliphatic heterocycles. The molecule has 5 heteroatoms. The summed E-state index contributed by atoms with van der Waals surface area (Å²) < 4.78 is 0. The first kappa shape index (κ1) is 16.8. The van der Waals surface area contributed by atoms with Gasteiger partial charge in [0.05, 0.1) is 0 Å². The minimum atomic E-state index is -0.745. The second-order valence-corrected chi connectivity index (χ2v) is 3.91. The number of urea groups is 1. The summed E-state index contributed by atoms with van der Waals surface area (Å²) in [6.07, 6.45) is 2.57. The third kappa shape index (κ3) is 10.4. The number of carbonyl (C=O) groups is 1. The number of amides is 2. The SMILES string of the molecule is CC1(C)CC[N-]CC1.CNC([NH-])=O.[Y]. The number of hydrogen-bond donors (Lipinski definition) is 1. The zero-order chi connectivity index (χ0) is 10.3. The van der Waals surface area contributed by atoms with Gasteiger partial charge in [0.15, 0.2) is 0 Å². The molecule has 1 saturated heterocycles. The molecule has 0 aromatic heterocycles. The van der Waals surface area contributed by atoms with E-state index in [4.69, 9.17) is 5.73 Å². The maximum atomic E-state index is 9.37. The molecule has 81 valence electrons. The third-order valence-electron chi connectivity index (χ3n) is 2.12. The molecule has 14 heavy (non-hydrogen) atoms. The van der Waals surface area contributed by atoms with Crippen molar-refractivity contribution in [3.8, 4) is 0 Å². The van der Waals surface area contributed by atoms with Gasteiger partial charge < -0.3 is 16.4 Å². The molecule has 0 aromatic rings. The Morgan fingerprint density at radius 1 is 1.36 bits per heavy atom. The van der Waals surface area contributed by atoms with Crippen LogP contribution in [0.1, 0.15) is 26.7 Å². The number of piperidine rings is 1. The maximum Gasteiger partial charge on any atom is 0.149 e. The summed E-state index contributed by atoms with van der Waals surface area (Å²) in [5, 5.41) is 6.33. The van der Waals surface area contributed by atoms with Gasteiger partial charge in [0.25, 0.3) is 0 Å². The molecule has 0 bridgehead atoms. The average molecular weight is 274 g/mol. The van der Waals surface area contributed by atoms with Gasteiger partial charge in [-0.1, -0.05) is 33.7 Å². The molecule has 1 aliphatic rings. The van der Waals surface area contributed by atoms with E-state index in [-0.39, 0.29) is 32.7 Å². The molecule has 4 nitrogen and oxygen atoms in total. The molecule has 0 spiro atoms. The summed E-state index contributed by atoms with van der Waals surface area (Å²) in [6, 6.07) is -0.745. The molecule has 0 aromatic carbocycles. The molecule has 1 fully saturated rings. The van der Waals surface area contributed by atoms with Crippen molar-refractivity contribution in [3.05, 3.63) is 11.1 Å². The smallest absolute Gasteiger partial charge is 0.149 e. The standard InChI is InChI=1S/C7H14N.C2H6N2O.Y/c1-7(2)3-5-8-6-4-7;1-4-2(3)5;/h3-6H2,1-2H3;1H3,(H3,3,4,5);/q-1;;/p-1. The van der Waals surface area contributed by atoms with Gasteiger partial charge in [0.2, 0.25) is 0 Å². The summed E-state index contributed by atoms with van der Waals surface area (Å²) >= 11 is 0. The molecule has 0 unspecified atom stereocenters. The van der Waals surface area contributed by atoms with Crippen LogP contribution >= 0.6 is 0 Å². The van der Waals surface area contributed by atoms with Crippen LogP contribution in [0.15, 0.2) is 0 Å². The van der Waals surface area contributed by atoms with Crippen LogP contribution in [-0.4, -0.2) is 26.2 Å². The fourth-order valence-electron chi connectivity index (χ4n) is 1.00. The zero-order valence-corrected chi connectivity index (χ0v) is 12.1. The molecule has 2 amide bonds. The van der Waals surface area contributed by atoms with E-state index in [9.17, 15) is 4.79 Å². The topological polar surface area (TPSA) is 67.0 Å². The van der Waals surface area contributed by atoms with Crippen molar-refractivity contribution in [1.29, 1.82) is 0 Å². The molecule has 1 radical (unpaired) electrons. The largest absolute Gasteiger partial charge is 0.662 e. The zero-order valence-electron chi connectivity index (χ0n) is 9.26. The van der Waals surface area contributed by atoms with Gasteiger partial charge in [-0.3, -0.25) is 4.79 Å². The predicted octanol–water partition coefficient (Wildman–Crippen LogP) is 2.56. The summed E-state index contributed by atoms with van der Waals surface area (Å²) in [5.74, 6) is 0. The third-order valence-corrected chi connectivity index (χ3v) is 2.12. The normalized spacial score (nSPS) is 18.2. The Bertz CT molecular complexity index is 154. The molecule has 2 N–H and O–H groups in total. The molecular formula is C9H19N3OY-2. The van der Waals surface area contributed by atoms with Crippen molar-refractivity contribution in [2.45, 2.75) is 26.7 Å². The first-order valence-corrected chi connectivity index (χ1v) is 4.54. The average Bonchev–Trinajstić information content (AvgIpc) is 2.05. The van der Waals surface area contributed by atoms with Gasteiger partial charge in [0, 0.05) is 32.7 Å². The van der Waals surface area contributed by atoms with Gasteiger partial charge in [-0.2, -0.15) is 0 Å². The molecule has 0 atom stereocenters. The van der Waals surface area contributed by atoms with Crippen molar-refractivity contribution in [3.63, 3.8) is 0 Å². The monoisotopic (exact) mass is 274 g/mol. The Balaban J connectivity index is 0. The van der Waals surface area contributed by atoms with Crippen LogP contribution in [0.5, 0.6) is 0 Å². The number of carbonyl (C=O) groups excluding carboxylic acids is 1. The van der Waals surface area contributed by atoms with Crippen LogP contribution in [0.4, 0.5) is 4.79 Å². The van der Waals surface area contributed by atoms with E-state index in [0.717, 1.165) is 13.1 Å². The van der Waals surface area contributed by atoms with Gasteiger partial charge in [-0.15, -0.1) is 13.1 Å². The minimum Gasteiger partial charge on any atom is -0.662 e. The van der Waals surface area contributed by atoms with Gasteiger partial charge in [0.1, 0.15) is 6.03 Å². The van der Waals surface area contributed by atoms with Crippen molar-refractivity contribution in [2.24, 2.45) is 5.41 Å². The van der Waals surface area contributed by atoms with E-state index >= 15 is 0 Å². The molecule has 1 heterocycles. The van der Waals surface area contributed by atoms with E-state index in [1.54, 1.807) is 0 Å². The summed E-state index contributed by atoms with van der Waals surface area (Å²) in [4.78, 5) is 9.37. The fraction of sp³-hybridized carbons (Fsp3) is 0.889.